The van der Waals surface area contributed by atoms with Gasteiger partial charge in [0, 0.05) is 18.8 Å². The molecule has 0 heterocycles. The number of halogens is 1. The summed E-state index contributed by atoms with van der Waals surface area (Å²) in [6, 6.07) is 0. The Morgan fingerprint density at radius 1 is 1.00 bits per heavy atom. The van der Waals surface area contributed by atoms with Gasteiger partial charge in [0.2, 0.25) is 5.91 Å². The fourth-order valence-electron chi connectivity index (χ4n) is 2.30. The van der Waals surface area contributed by atoms with Crippen molar-refractivity contribution in [3.8, 4) is 0 Å². The van der Waals surface area contributed by atoms with Gasteiger partial charge in [-0.25, -0.2) is 0 Å². The molecule has 120 valence electrons. The first-order valence-electron chi connectivity index (χ1n) is 8.34. The second kappa shape index (κ2) is 12.5. The van der Waals surface area contributed by atoms with Crippen molar-refractivity contribution in [2.75, 3.05) is 12.4 Å². The van der Waals surface area contributed by atoms with Crippen molar-refractivity contribution in [1.29, 1.82) is 0 Å². The van der Waals surface area contributed by atoms with E-state index < -0.39 is 0 Å². The SMILES string of the molecule is CCCCCCCCCC(=O)NCC(C)(C)CCCCl. The molecule has 1 N–H and O–H groups in total. The summed E-state index contributed by atoms with van der Waals surface area (Å²) < 4.78 is 0. The molecular weight excluding hydrogens is 270 g/mol. The van der Waals surface area contributed by atoms with Crippen molar-refractivity contribution in [2.24, 2.45) is 5.41 Å². The van der Waals surface area contributed by atoms with Crippen molar-refractivity contribution in [2.45, 2.75) is 85.0 Å². The lowest BCUT2D eigenvalue weighted by Crippen LogP contribution is -2.33. The zero-order valence-electron chi connectivity index (χ0n) is 13.8. The molecule has 0 saturated carbocycles. The molecule has 0 aromatic heterocycles. The predicted molar refractivity (Wildman–Crippen MR) is 89.4 cm³/mol. The third kappa shape index (κ3) is 12.8. The van der Waals surface area contributed by atoms with Crippen LogP contribution in [0.25, 0.3) is 0 Å². The highest BCUT2D eigenvalue weighted by Crippen LogP contribution is 2.21. The minimum Gasteiger partial charge on any atom is -0.356 e. The molecule has 0 aliphatic carbocycles. The lowest BCUT2D eigenvalue weighted by atomic mass is 9.88. The normalized spacial score (nSPS) is 11.6. The molecular formula is C17H34ClNO. The molecule has 0 aromatic rings. The van der Waals surface area contributed by atoms with Crippen LogP contribution in [0, 0.1) is 5.41 Å². The third-order valence-corrected chi connectivity index (χ3v) is 4.03. The summed E-state index contributed by atoms with van der Waals surface area (Å²) in [5.74, 6) is 0.910. The van der Waals surface area contributed by atoms with Crippen molar-refractivity contribution in [3.05, 3.63) is 0 Å². The number of hydrogen-bond donors (Lipinski definition) is 1. The van der Waals surface area contributed by atoms with Gasteiger partial charge in [0.25, 0.3) is 0 Å². The van der Waals surface area contributed by atoms with E-state index in [1.807, 2.05) is 0 Å². The molecule has 20 heavy (non-hydrogen) atoms. The highest BCUT2D eigenvalue weighted by atomic mass is 35.5. The van der Waals surface area contributed by atoms with Crippen LogP contribution >= 0.6 is 11.6 Å². The second-order valence-corrected chi connectivity index (χ2v) is 6.98. The van der Waals surface area contributed by atoms with Crippen LogP contribution in [0.3, 0.4) is 0 Å². The van der Waals surface area contributed by atoms with Gasteiger partial charge in [-0.15, -0.1) is 11.6 Å². The Morgan fingerprint density at radius 2 is 1.60 bits per heavy atom. The molecule has 3 heteroatoms. The average molecular weight is 304 g/mol. The van der Waals surface area contributed by atoms with Crippen LogP contribution < -0.4 is 5.32 Å². The highest BCUT2D eigenvalue weighted by Gasteiger charge is 2.17. The van der Waals surface area contributed by atoms with Gasteiger partial charge in [0.15, 0.2) is 0 Å². The summed E-state index contributed by atoms with van der Waals surface area (Å²) in [5, 5.41) is 3.06. The number of amides is 1. The number of nitrogens with one attached hydrogen (secondary N) is 1. The zero-order valence-corrected chi connectivity index (χ0v) is 14.5. The molecule has 2 nitrogen and oxygen atoms in total. The summed E-state index contributed by atoms with van der Waals surface area (Å²) in [6.45, 7) is 7.37. The van der Waals surface area contributed by atoms with E-state index in [0.717, 1.165) is 25.8 Å². The fraction of sp³-hybridized carbons (Fsp3) is 0.941. The molecule has 0 radical (unpaired) electrons. The van der Waals surface area contributed by atoms with E-state index in [9.17, 15) is 4.79 Å². The summed E-state index contributed by atoms with van der Waals surface area (Å²) in [5.41, 5.74) is 0.157. The maximum atomic E-state index is 11.8. The standard InChI is InChI=1S/C17H34ClNO/c1-4-5-6-7-8-9-10-12-16(20)19-15-17(2,3)13-11-14-18/h4-15H2,1-3H3,(H,19,20). The number of carbonyl (C=O) groups excluding carboxylic acids is 1. The van der Waals surface area contributed by atoms with Crippen LogP contribution in [-0.2, 0) is 4.79 Å². The van der Waals surface area contributed by atoms with Crippen molar-refractivity contribution >= 4 is 17.5 Å². The predicted octanol–water partition coefficient (Wildman–Crippen LogP) is 5.29. The van der Waals surface area contributed by atoms with Gasteiger partial charge in [0.05, 0.1) is 0 Å². The van der Waals surface area contributed by atoms with E-state index in [0.29, 0.717) is 12.3 Å². The van der Waals surface area contributed by atoms with Crippen molar-refractivity contribution in [3.63, 3.8) is 0 Å². The molecule has 0 saturated heterocycles. The number of hydrogen-bond acceptors (Lipinski definition) is 1. The Balaban J connectivity index is 3.49. The molecule has 0 atom stereocenters. The van der Waals surface area contributed by atoms with Gasteiger partial charge in [0.1, 0.15) is 0 Å². The Labute approximate surface area is 131 Å². The molecule has 0 bridgehead atoms. The lowest BCUT2D eigenvalue weighted by Gasteiger charge is -2.24. The minimum absolute atomic E-state index is 0.157. The van der Waals surface area contributed by atoms with Crippen LogP contribution in [0.5, 0.6) is 0 Å². The van der Waals surface area contributed by atoms with E-state index in [2.05, 4.69) is 26.1 Å². The Morgan fingerprint density at radius 3 is 2.20 bits per heavy atom. The molecule has 0 rings (SSSR count). The van der Waals surface area contributed by atoms with Gasteiger partial charge >= 0.3 is 0 Å². The van der Waals surface area contributed by atoms with Gasteiger partial charge in [-0.1, -0.05) is 59.3 Å². The first-order valence-corrected chi connectivity index (χ1v) is 8.88. The van der Waals surface area contributed by atoms with Crippen molar-refractivity contribution in [1.82, 2.24) is 5.32 Å². The van der Waals surface area contributed by atoms with Crippen LogP contribution in [0.1, 0.15) is 85.0 Å². The van der Waals surface area contributed by atoms with E-state index in [-0.39, 0.29) is 11.3 Å². The highest BCUT2D eigenvalue weighted by molar-refractivity contribution is 6.17. The molecule has 0 aliphatic heterocycles. The topological polar surface area (TPSA) is 29.1 Å². The monoisotopic (exact) mass is 303 g/mol. The molecule has 0 fully saturated rings. The average Bonchev–Trinajstić information content (AvgIpc) is 2.42. The van der Waals surface area contributed by atoms with Crippen LogP contribution in [-0.4, -0.2) is 18.3 Å². The molecule has 1 amide bonds. The maximum Gasteiger partial charge on any atom is 0.220 e. The zero-order chi connectivity index (χ0) is 15.3. The summed E-state index contributed by atoms with van der Waals surface area (Å²) in [7, 11) is 0. The van der Waals surface area contributed by atoms with Crippen LogP contribution in [0.2, 0.25) is 0 Å². The fourth-order valence-corrected chi connectivity index (χ4v) is 2.44. The van der Waals surface area contributed by atoms with Gasteiger partial charge in [-0.2, -0.15) is 0 Å². The smallest absolute Gasteiger partial charge is 0.220 e. The molecule has 0 aliphatic rings. The first-order chi connectivity index (χ1) is 9.52. The maximum absolute atomic E-state index is 11.8. The van der Waals surface area contributed by atoms with E-state index >= 15 is 0 Å². The number of unbranched alkanes of at least 4 members (excludes halogenated alkanes) is 6. The summed E-state index contributed by atoms with van der Waals surface area (Å²) >= 11 is 5.71. The Hall–Kier alpha value is -0.240. The van der Waals surface area contributed by atoms with E-state index in [1.54, 1.807) is 0 Å². The number of carbonyl (C=O) groups is 1. The Bertz CT molecular complexity index is 241. The molecule has 0 aromatic carbocycles. The summed E-state index contributed by atoms with van der Waals surface area (Å²) in [6.07, 6.45) is 11.6. The third-order valence-electron chi connectivity index (χ3n) is 3.76. The summed E-state index contributed by atoms with van der Waals surface area (Å²) in [4.78, 5) is 11.8. The largest absolute Gasteiger partial charge is 0.356 e. The number of alkyl halides is 1. The second-order valence-electron chi connectivity index (χ2n) is 6.60. The molecule has 0 spiro atoms. The van der Waals surface area contributed by atoms with E-state index in [4.69, 9.17) is 11.6 Å². The van der Waals surface area contributed by atoms with Crippen LogP contribution in [0.15, 0.2) is 0 Å². The van der Waals surface area contributed by atoms with Crippen molar-refractivity contribution < 1.29 is 4.79 Å². The van der Waals surface area contributed by atoms with E-state index in [1.165, 1.54) is 38.5 Å². The number of rotatable bonds is 13. The molecule has 0 unspecified atom stereocenters. The first kappa shape index (κ1) is 19.8. The van der Waals surface area contributed by atoms with Gasteiger partial charge < -0.3 is 5.32 Å². The minimum atomic E-state index is 0.157. The lowest BCUT2D eigenvalue weighted by molar-refractivity contribution is -0.121. The van der Waals surface area contributed by atoms with Gasteiger partial charge in [-0.3, -0.25) is 4.79 Å². The van der Waals surface area contributed by atoms with Gasteiger partial charge in [-0.05, 0) is 24.7 Å². The quantitative estimate of drug-likeness (QED) is 0.363. The Kier molecular flexibility index (Phi) is 12.3. The van der Waals surface area contributed by atoms with Crippen LogP contribution in [0.4, 0.5) is 0 Å².